The van der Waals surface area contributed by atoms with Gasteiger partial charge in [0, 0.05) is 37.9 Å². The average molecular weight is 479 g/mol. The van der Waals surface area contributed by atoms with Crippen LogP contribution < -0.4 is 10.6 Å². The predicted molar refractivity (Wildman–Crippen MR) is 132 cm³/mol. The Morgan fingerprint density at radius 3 is 2.58 bits per heavy atom. The fourth-order valence-corrected chi connectivity index (χ4v) is 4.23. The molecule has 8 nitrogen and oxygen atoms in total. The van der Waals surface area contributed by atoms with Gasteiger partial charge in [-0.05, 0) is 43.6 Å². The molecular formula is C24H38N4O4S. The van der Waals surface area contributed by atoms with Crippen molar-refractivity contribution in [3.8, 4) is 0 Å². The lowest BCUT2D eigenvalue weighted by atomic mass is 9.89. The highest BCUT2D eigenvalue weighted by Gasteiger charge is 2.28. The quantitative estimate of drug-likeness (QED) is 0.448. The number of nitrogens with one attached hydrogen (secondary N) is 2. The Kier molecular flexibility index (Phi) is 11.7. The second-order valence-corrected chi connectivity index (χ2v) is 10.1. The van der Waals surface area contributed by atoms with Crippen LogP contribution >= 0.6 is 11.8 Å². The van der Waals surface area contributed by atoms with Gasteiger partial charge in [-0.1, -0.05) is 20.8 Å². The molecule has 1 aromatic rings. The molecule has 1 aliphatic heterocycles. The van der Waals surface area contributed by atoms with Crippen LogP contribution in [0.5, 0.6) is 0 Å². The van der Waals surface area contributed by atoms with Crippen molar-refractivity contribution in [2.24, 2.45) is 0 Å². The van der Waals surface area contributed by atoms with E-state index in [1.165, 1.54) is 0 Å². The highest BCUT2D eigenvalue weighted by Crippen LogP contribution is 2.29. The first kappa shape index (κ1) is 27.1. The summed E-state index contributed by atoms with van der Waals surface area (Å²) in [5, 5.41) is 6.01. The second kappa shape index (κ2) is 14.2. The van der Waals surface area contributed by atoms with E-state index in [2.05, 4.69) is 15.6 Å². The second-order valence-electron chi connectivity index (χ2n) is 8.55. The Balaban J connectivity index is 1.88. The van der Waals surface area contributed by atoms with Crippen LogP contribution in [0.2, 0.25) is 0 Å². The number of piperidine rings is 1. The van der Waals surface area contributed by atoms with Gasteiger partial charge in [0.05, 0.1) is 30.2 Å². The minimum Gasteiger partial charge on any atom is -0.380 e. The van der Waals surface area contributed by atoms with Gasteiger partial charge in [-0.25, -0.2) is 0 Å². The molecule has 2 rings (SSSR count). The number of aromatic nitrogens is 1. The van der Waals surface area contributed by atoms with Crippen molar-refractivity contribution >= 4 is 29.5 Å². The standard InChI is InChI=1S/C24H38N4O4S/c1-5-13-32-14-10-25-24(31)20-7-6-18(4)27-23(20)19-8-11-28(12-9-19)22(30)15-26-21(29)16-33-17(2)3/h6-7,17,19H,5,8-16H2,1-4H3,(H,25,31)(H,26,29). The van der Waals surface area contributed by atoms with E-state index in [1.807, 2.05) is 39.8 Å². The number of carbonyl (C=O) groups excluding carboxylic acids is 3. The van der Waals surface area contributed by atoms with Crippen LogP contribution in [-0.4, -0.2) is 78.0 Å². The molecule has 0 unspecified atom stereocenters. The molecule has 0 aromatic carbocycles. The molecule has 0 aliphatic carbocycles. The van der Waals surface area contributed by atoms with Gasteiger partial charge < -0.3 is 20.3 Å². The van der Waals surface area contributed by atoms with Crippen LogP contribution in [0.1, 0.15) is 67.7 Å². The van der Waals surface area contributed by atoms with E-state index in [9.17, 15) is 14.4 Å². The number of rotatable bonds is 12. The molecule has 0 radical (unpaired) electrons. The van der Waals surface area contributed by atoms with Crippen LogP contribution in [0.4, 0.5) is 0 Å². The lowest BCUT2D eigenvalue weighted by molar-refractivity contribution is -0.133. The van der Waals surface area contributed by atoms with Crippen molar-refractivity contribution in [1.82, 2.24) is 20.5 Å². The molecule has 0 atom stereocenters. The van der Waals surface area contributed by atoms with Gasteiger partial charge in [0.1, 0.15) is 0 Å². The normalized spacial score (nSPS) is 14.4. The predicted octanol–water partition coefficient (Wildman–Crippen LogP) is 2.51. The molecular weight excluding hydrogens is 440 g/mol. The number of aryl methyl sites for hydroxylation is 1. The fraction of sp³-hybridized carbons (Fsp3) is 0.667. The first-order valence-corrected chi connectivity index (χ1v) is 12.9. The summed E-state index contributed by atoms with van der Waals surface area (Å²) in [6, 6.07) is 3.69. The summed E-state index contributed by atoms with van der Waals surface area (Å²) in [6.45, 7) is 10.9. The summed E-state index contributed by atoms with van der Waals surface area (Å²) in [5.41, 5.74) is 2.26. The van der Waals surface area contributed by atoms with Gasteiger partial charge in [-0.15, -0.1) is 11.8 Å². The van der Waals surface area contributed by atoms with Gasteiger partial charge in [0.25, 0.3) is 5.91 Å². The molecule has 2 N–H and O–H groups in total. The van der Waals surface area contributed by atoms with Crippen molar-refractivity contribution in [3.63, 3.8) is 0 Å². The number of thioether (sulfide) groups is 1. The molecule has 0 saturated carbocycles. The van der Waals surface area contributed by atoms with Crippen LogP contribution in [0.25, 0.3) is 0 Å². The number of likely N-dealkylation sites (tertiary alicyclic amines) is 1. The van der Waals surface area contributed by atoms with E-state index in [1.54, 1.807) is 16.7 Å². The number of pyridine rings is 1. The summed E-state index contributed by atoms with van der Waals surface area (Å²) < 4.78 is 5.43. The van der Waals surface area contributed by atoms with Gasteiger partial charge in [-0.3, -0.25) is 19.4 Å². The molecule has 2 heterocycles. The molecule has 3 amide bonds. The summed E-state index contributed by atoms with van der Waals surface area (Å²) in [7, 11) is 0. The molecule has 0 spiro atoms. The smallest absolute Gasteiger partial charge is 0.253 e. The first-order valence-electron chi connectivity index (χ1n) is 11.8. The van der Waals surface area contributed by atoms with Crippen molar-refractivity contribution in [2.45, 2.75) is 58.1 Å². The van der Waals surface area contributed by atoms with Gasteiger partial charge in [0.15, 0.2) is 0 Å². The number of ether oxygens (including phenoxy) is 1. The van der Waals surface area contributed by atoms with Crippen molar-refractivity contribution in [1.29, 1.82) is 0 Å². The maximum Gasteiger partial charge on any atom is 0.253 e. The molecule has 0 bridgehead atoms. The Morgan fingerprint density at radius 2 is 1.91 bits per heavy atom. The Bertz CT molecular complexity index is 795. The summed E-state index contributed by atoms with van der Waals surface area (Å²) >= 11 is 1.55. The van der Waals surface area contributed by atoms with Gasteiger partial charge >= 0.3 is 0 Å². The summed E-state index contributed by atoms with van der Waals surface area (Å²) in [5.74, 6) is 0.151. The van der Waals surface area contributed by atoms with Gasteiger partial charge in [0.2, 0.25) is 11.8 Å². The molecule has 1 fully saturated rings. The van der Waals surface area contributed by atoms with Crippen LogP contribution in [0.3, 0.4) is 0 Å². The van der Waals surface area contributed by atoms with Crippen molar-refractivity contribution < 1.29 is 19.1 Å². The maximum absolute atomic E-state index is 12.8. The third-order valence-electron chi connectivity index (χ3n) is 5.41. The zero-order chi connectivity index (χ0) is 24.2. The number of carbonyl (C=O) groups is 3. The highest BCUT2D eigenvalue weighted by molar-refractivity contribution is 8.00. The number of amides is 3. The lowest BCUT2D eigenvalue weighted by Gasteiger charge is -2.32. The zero-order valence-electron chi connectivity index (χ0n) is 20.3. The number of hydrogen-bond donors (Lipinski definition) is 2. The summed E-state index contributed by atoms with van der Waals surface area (Å²) in [4.78, 5) is 43.6. The highest BCUT2D eigenvalue weighted by atomic mass is 32.2. The van der Waals surface area contributed by atoms with E-state index in [4.69, 9.17) is 4.74 Å². The minimum atomic E-state index is -0.141. The SMILES string of the molecule is CCCOCCNC(=O)c1ccc(C)nc1C1CCN(C(=O)CNC(=O)CSC(C)C)CC1. The van der Waals surface area contributed by atoms with E-state index in [0.29, 0.717) is 49.4 Å². The zero-order valence-corrected chi connectivity index (χ0v) is 21.1. The molecule has 9 heteroatoms. The van der Waals surface area contributed by atoms with Crippen LogP contribution in [0, 0.1) is 6.92 Å². The molecule has 1 saturated heterocycles. The maximum atomic E-state index is 12.8. The number of nitrogens with zero attached hydrogens (tertiary/aromatic N) is 2. The van der Waals surface area contributed by atoms with E-state index in [0.717, 1.165) is 30.7 Å². The summed E-state index contributed by atoms with van der Waals surface area (Å²) in [6.07, 6.45) is 2.42. The third-order valence-corrected chi connectivity index (χ3v) is 6.50. The monoisotopic (exact) mass is 478 g/mol. The topological polar surface area (TPSA) is 101 Å². The Labute approximate surface area is 201 Å². The third kappa shape index (κ3) is 9.33. The van der Waals surface area contributed by atoms with Crippen LogP contribution in [0.15, 0.2) is 12.1 Å². The molecule has 1 aliphatic rings. The largest absolute Gasteiger partial charge is 0.380 e. The van der Waals surface area contributed by atoms with E-state index in [-0.39, 0.29) is 30.2 Å². The van der Waals surface area contributed by atoms with Crippen molar-refractivity contribution in [3.05, 3.63) is 29.1 Å². The number of hydrogen-bond acceptors (Lipinski definition) is 6. The minimum absolute atomic E-state index is 0.0264. The average Bonchev–Trinajstić information content (AvgIpc) is 2.81. The fourth-order valence-electron chi connectivity index (χ4n) is 3.64. The Hall–Kier alpha value is -2.13. The van der Waals surface area contributed by atoms with Gasteiger partial charge in [-0.2, -0.15) is 0 Å². The first-order chi connectivity index (χ1) is 15.8. The Morgan fingerprint density at radius 1 is 1.18 bits per heavy atom. The van der Waals surface area contributed by atoms with E-state index >= 15 is 0 Å². The lowest BCUT2D eigenvalue weighted by Crippen LogP contribution is -2.44. The van der Waals surface area contributed by atoms with Crippen LogP contribution in [-0.2, 0) is 14.3 Å². The molecule has 1 aromatic heterocycles. The molecule has 184 valence electrons. The van der Waals surface area contributed by atoms with E-state index < -0.39 is 0 Å². The van der Waals surface area contributed by atoms with Crippen molar-refractivity contribution in [2.75, 3.05) is 45.1 Å². The molecule has 33 heavy (non-hydrogen) atoms.